The number of carbonyl (C=O) groups excluding carboxylic acids is 1. The average molecular weight is 185 g/mol. The quantitative estimate of drug-likeness (QED) is 0.560. The number of amides is 1. The van der Waals surface area contributed by atoms with Gasteiger partial charge in [0.1, 0.15) is 0 Å². The first-order chi connectivity index (χ1) is 6.02. The zero-order chi connectivity index (χ0) is 9.90. The Morgan fingerprint density at radius 3 is 2.77 bits per heavy atom. The Bertz CT molecular complexity index is 185. The Kier molecular flexibility index (Phi) is 3.27. The lowest BCUT2D eigenvalue weighted by Gasteiger charge is -2.31. The summed E-state index contributed by atoms with van der Waals surface area (Å²) in [5.74, 6) is -0.293. The molecule has 4 N–H and O–H groups in total. The molecule has 1 aliphatic heterocycles. The Hall–Kier alpha value is -0.610. The summed E-state index contributed by atoms with van der Waals surface area (Å²) in [5, 5.41) is 6.54. The Morgan fingerprint density at radius 1 is 1.62 bits per heavy atom. The normalized spacial score (nSPS) is 24.3. The van der Waals surface area contributed by atoms with Crippen molar-refractivity contribution in [3.63, 3.8) is 0 Å². The van der Waals surface area contributed by atoms with Gasteiger partial charge in [-0.15, -0.1) is 0 Å². The summed E-state index contributed by atoms with van der Waals surface area (Å²) in [6.07, 6.45) is 2.27. The predicted molar refractivity (Wildman–Crippen MR) is 52.3 cm³/mol. The summed E-state index contributed by atoms with van der Waals surface area (Å²) in [7, 11) is 0. The van der Waals surface area contributed by atoms with Crippen molar-refractivity contribution in [3.05, 3.63) is 0 Å². The summed E-state index contributed by atoms with van der Waals surface area (Å²) in [5.41, 5.74) is 4.67. The largest absolute Gasteiger partial charge is 0.368 e. The van der Waals surface area contributed by atoms with Crippen molar-refractivity contribution >= 4 is 5.91 Å². The van der Waals surface area contributed by atoms with Crippen LogP contribution in [0.2, 0.25) is 0 Å². The van der Waals surface area contributed by atoms with Crippen molar-refractivity contribution in [1.29, 1.82) is 0 Å². The molecule has 13 heavy (non-hydrogen) atoms. The van der Waals surface area contributed by atoms with Gasteiger partial charge < -0.3 is 11.1 Å². The molecule has 76 valence electrons. The highest BCUT2D eigenvalue weighted by Gasteiger charge is 2.28. The van der Waals surface area contributed by atoms with Crippen LogP contribution in [-0.2, 0) is 4.79 Å². The van der Waals surface area contributed by atoms with E-state index in [4.69, 9.17) is 5.73 Å². The topological polar surface area (TPSA) is 67.2 Å². The van der Waals surface area contributed by atoms with Crippen LogP contribution in [0, 0.1) is 0 Å². The second-order valence-corrected chi connectivity index (χ2v) is 4.18. The van der Waals surface area contributed by atoms with Gasteiger partial charge >= 0.3 is 0 Å². The molecule has 4 heteroatoms. The van der Waals surface area contributed by atoms with Gasteiger partial charge in [-0.25, -0.2) is 0 Å². The zero-order valence-corrected chi connectivity index (χ0v) is 8.39. The molecule has 1 aliphatic rings. The molecule has 0 bridgehead atoms. The summed E-state index contributed by atoms with van der Waals surface area (Å²) >= 11 is 0. The van der Waals surface area contributed by atoms with E-state index >= 15 is 0 Å². The molecule has 0 radical (unpaired) electrons. The minimum atomic E-state index is -0.594. The molecule has 1 atom stereocenters. The third kappa shape index (κ3) is 2.97. The van der Waals surface area contributed by atoms with Crippen LogP contribution in [0.3, 0.4) is 0 Å². The molecule has 0 spiro atoms. The number of carbonyl (C=O) groups is 1. The smallest absolute Gasteiger partial charge is 0.237 e. The van der Waals surface area contributed by atoms with Gasteiger partial charge in [0.15, 0.2) is 0 Å². The first kappa shape index (κ1) is 10.5. The minimum absolute atomic E-state index is 0.293. The first-order valence-corrected chi connectivity index (χ1v) is 4.81. The van der Waals surface area contributed by atoms with Gasteiger partial charge in [-0.1, -0.05) is 0 Å². The Morgan fingerprint density at radius 2 is 2.31 bits per heavy atom. The number of nitrogens with two attached hydrogens (primary N) is 1. The monoisotopic (exact) mass is 185 g/mol. The summed E-state index contributed by atoms with van der Waals surface area (Å²) in [4.78, 5) is 11.0. The van der Waals surface area contributed by atoms with Gasteiger partial charge in [0.05, 0.1) is 5.54 Å². The van der Waals surface area contributed by atoms with Gasteiger partial charge in [-0.05, 0) is 33.2 Å². The molecule has 4 nitrogen and oxygen atoms in total. The van der Waals surface area contributed by atoms with E-state index < -0.39 is 5.54 Å². The summed E-state index contributed by atoms with van der Waals surface area (Å²) in [6.45, 7) is 5.65. The molecule has 1 amide bonds. The van der Waals surface area contributed by atoms with Crippen LogP contribution in [-0.4, -0.2) is 30.6 Å². The molecule has 1 fully saturated rings. The van der Waals surface area contributed by atoms with Gasteiger partial charge in [0.25, 0.3) is 0 Å². The molecule has 1 rings (SSSR count). The maximum Gasteiger partial charge on any atom is 0.237 e. The van der Waals surface area contributed by atoms with Crippen LogP contribution in [0.15, 0.2) is 0 Å². The molecule has 1 saturated heterocycles. The van der Waals surface area contributed by atoms with Crippen LogP contribution >= 0.6 is 0 Å². The molecule has 0 aromatic heterocycles. The van der Waals surface area contributed by atoms with E-state index in [-0.39, 0.29) is 5.91 Å². The Balaban J connectivity index is 2.41. The average Bonchev–Trinajstić information content (AvgIpc) is 2.05. The van der Waals surface area contributed by atoms with Crippen molar-refractivity contribution in [3.8, 4) is 0 Å². The Labute approximate surface area is 79.3 Å². The fourth-order valence-corrected chi connectivity index (χ4v) is 1.56. The lowest BCUT2D eigenvalue weighted by molar-refractivity contribution is -0.123. The first-order valence-electron chi connectivity index (χ1n) is 4.81. The van der Waals surface area contributed by atoms with Gasteiger partial charge in [0.2, 0.25) is 5.91 Å². The van der Waals surface area contributed by atoms with E-state index in [1.807, 2.05) is 13.8 Å². The van der Waals surface area contributed by atoms with Crippen LogP contribution in [0.25, 0.3) is 0 Å². The SMILES string of the molecule is CC(C)(NC1CCCNC1)C(N)=O. The predicted octanol–water partition coefficient (Wildman–Crippen LogP) is -0.408. The number of rotatable bonds is 3. The van der Waals surface area contributed by atoms with Crippen LogP contribution in [0.1, 0.15) is 26.7 Å². The molecule has 1 unspecified atom stereocenters. The third-order valence-corrected chi connectivity index (χ3v) is 2.48. The van der Waals surface area contributed by atoms with Crippen molar-refractivity contribution in [2.45, 2.75) is 38.3 Å². The van der Waals surface area contributed by atoms with E-state index in [2.05, 4.69) is 10.6 Å². The molecule has 1 heterocycles. The highest BCUT2D eigenvalue weighted by atomic mass is 16.1. The lowest BCUT2D eigenvalue weighted by Crippen LogP contribution is -2.57. The van der Waals surface area contributed by atoms with Crippen molar-refractivity contribution in [1.82, 2.24) is 10.6 Å². The lowest BCUT2D eigenvalue weighted by atomic mass is 10.00. The summed E-state index contributed by atoms with van der Waals surface area (Å²) in [6, 6.07) is 0.372. The molecular formula is C9H19N3O. The number of hydrogen-bond donors (Lipinski definition) is 3. The van der Waals surface area contributed by atoms with E-state index in [0.29, 0.717) is 6.04 Å². The number of piperidine rings is 1. The number of nitrogens with one attached hydrogen (secondary N) is 2. The second-order valence-electron chi connectivity index (χ2n) is 4.18. The van der Waals surface area contributed by atoms with Crippen molar-refractivity contribution in [2.24, 2.45) is 5.73 Å². The third-order valence-electron chi connectivity index (χ3n) is 2.48. The molecule has 0 aromatic carbocycles. The molecular weight excluding hydrogens is 166 g/mol. The van der Waals surface area contributed by atoms with Crippen LogP contribution in [0.4, 0.5) is 0 Å². The standard InChI is InChI=1S/C9H19N3O/c1-9(2,8(10)13)12-7-4-3-5-11-6-7/h7,11-12H,3-6H2,1-2H3,(H2,10,13). The van der Waals surface area contributed by atoms with E-state index in [1.54, 1.807) is 0 Å². The molecule has 0 aromatic rings. The van der Waals surface area contributed by atoms with E-state index in [9.17, 15) is 4.79 Å². The van der Waals surface area contributed by atoms with Crippen LogP contribution < -0.4 is 16.4 Å². The van der Waals surface area contributed by atoms with Gasteiger partial charge in [-0.2, -0.15) is 0 Å². The molecule has 0 aliphatic carbocycles. The minimum Gasteiger partial charge on any atom is -0.368 e. The fourth-order valence-electron chi connectivity index (χ4n) is 1.56. The number of primary amides is 1. The highest BCUT2D eigenvalue weighted by Crippen LogP contribution is 2.08. The maximum atomic E-state index is 11.0. The highest BCUT2D eigenvalue weighted by molar-refractivity contribution is 5.83. The van der Waals surface area contributed by atoms with Crippen LogP contribution in [0.5, 0.6) is 0 Å². The summed E-state index contributed by atoms with van der Waals surface area (Å²) < 4.78 is 0. The van der Waals surface area contributed by atoms with Crippen molar-refractivity contribution in [2.75, 3.05) is 13.1 Å². The van der Waals surface area contributed by atoms with E-state index in [1.165, 1.54) is 0 Å². The second kappa shape index (κ2) is 4.07. The van der Waals surface area contributed by atoms with Gasteiger partial charge in [0, 0.05) is 12.6 Å². The molecule has 0 saturated carbocycles. The fraction of sp³-hybridized carbons (Fsp3) is 0.889. The zero-order valence-electron chi connectivity index (χ0n) is 8.39. The van der Waals surface area contributed by atoms with Crippen molar-refractivity contribution < 1.29 is 4.79 Å². The van der Waals surface area contributed by atoms with Gasteiger partial charge in [-0.3, -0.25) is 10.1 Å². The maximum absolute atomic E-state index is 11.0. The number of hydrogen-bond acceptors (Lipinski definition) is 3. The van der Waals surface area contributed by atoms with E-state index in [0.717, 1.165) is 25.9 Å².